The molecule has 1 aliphatic heterocycles. The van der Waals surface area contributed by atoms with Gasteiger partial charge in [0, 0.05) is 18.2 Å². The Balaban J connectivity index is 1.81. The molecule has 8 heteroatoms. The summed E-state index contributed by atoms with van der Waals surface area (Å²) >= 11 is 0. The predicted octanol–water partition coefficient (Wildman–Crippen LogP) is 2.29. The van der Waals surface area contributed by atoms with Gasteiger partial charge in [0.15, 0.2) is 5.82 Å². The average Bonchev–Trinajstić information content (AvgIpc) is 3.16. The van der Waals surface area contributed by atoms with Crippen molar-refractivity contribution in [3.05, 3.63) is 51.6 Å². The van der Waals surface area contributed by atoms with Crippen LogP contribution in [0.4, 0.5) is 0 Å². The minimum absolute atomic E-state index is 0.0898. The van der Waals surface area contributed by atoms with E-state index >= 15 is 0 Å². The van der Waals surface area contributed by atoms with Gasteiger partial charge in [-0.05, 0) is 72.3 Å². The third-order valence-electron chi connectivity index (χ3n) is 5.82. The van der Waals surface area contributed by atoms with Crippen molar-refractivity contribution in [2.24, 2.45) is 5.92 Å². The second-order valence-electron chi connectivity index (χ2n) is 8.02. The number of nitrogens with zero attached hydrogens (tertiary/aromatic N) is 5. The van der Waals surface area contributed by atoms with E-state index < -0.39 is 0 Å². The number of fused-ring (bicyclic) bond motifs is 1. The van der Waals surface area contributed by atoms with E-state index in [1.807, 2.05) is 25.1 Å². The molecular weight excluding hydrogens is 368 g/mol. The van der Waals surface area contributed by atoms with Gasteiger partial charge in [-0.3, -0.25) is 9.69 Å². The van der Waals surface area contributed by atoms with E-state index in [9.17, 15) is 4.79 Å². The number of methoxy groups -OCH3 is 1. The first-order chi connectivity index (χ1) is 14.1. The van der Waals surface area contributed by atoms with Crippen LogP contribution in [-0.4, -0.2) is 56.9 Å². The van der Waals surface area contributed by atoms with E-state index in [-0.39, 0.29) is 11.6 Å². The first-order valence-electron chi connectivity index (χ1n) is 10.2. The molecule has 3 aromatic rings. The van der Waals surface area contributed by atoms with E-state index in [1.165, 1.54) is 0 Å². The standard InChI is InChI=1S/C21H28N6O2/c1-14-6-8-26(9-7-14)19(20-23-24-25-27(20)10-11-29-3)17-13-16-5-4-15(2)12-18(16)22-21(17)28/h4-5,12-14,19H,6-11H2,1-3H3,(H,22,28). The van der Waals surface area contributed by atoms with E-state index in [4.69, 9.17) is 4.74 Å². The van der Waals surface area contributed by atoms with Crippen molar-refractivity contribution in [1.29, 1.82) is 0 Å². The summed E-state index contributed by atoms with van der Waals surface area (Å²) in [6.07, 6.45) is 2.20. The highest BCUT2D eigenvalue weighted by Gasteiger charge is 2.32. The number of hydrogen-bond acceptors (Lipinski definition) is 6. The predicted molar refractivity (Wildman–Crippen MR) is 111 cm³/mol. The third kappa shape index (κ3) is 4.09. The number of aromatic nitrogens is 5. The number of aryl methyl sites for hydroxylation is 1. The summed E-state index contributed by atoms with van der Waals surface area (Å²) in [5.74, 6) is 1.38. The summed E-state index contributed by atoms with van der Waals surface area (Å²) in [6, 6.07) is 7.81. The Morgan fingerprint density at radius 3 is 2.83 bits per heavy atom. The van der Waals surface area contributed by atoms with Crippen LogP contribution in [0.25, 0.3) is 10.9 Å². The number of H-pyrrole nitrogens is 1. The Morgan fingerprint density at radius 1 is 1.28 bits per heavy atom. The fourth-order valence-electron chi connectivity index (χ4n) is 4.07. The molecule has 0 amide bonds. The highest BCUT2D eigenvalue weighted by atomic mass is 16.5. The summed E-state index contributed by atoms with van der Waals surface area (Å²) < 4.78 is 6.96. The van der Waals surface area contributed by atoms with Crippen LogP contribution in [0.2, 0.25) is 0 Å². The molecule has 1 saturated heterocycles. The van der Waals surface area contributed by atoms with Gasteiger partial charge in [-0.2, -0.15) is 0 Å². The van der Waals surface area contributed by atoms with Crippen LogP contribution in [0.1, 0.15) is 42.8 Å². The zero-order valence-electron chi connectivity index (χ0n) is 17.3. The number of aromatic amines is 1. The van der Waals surface area contributed by atoms with Crippen molar-refractivity contribution in [3.8, 4) is 0 Å². The van der Waals surface area contributed by atoms with Crippen molar-refractivity contribution in [1.82, 2.24) is 30.1 Å². The molecular formula is C21H28N6O2. The van der Waals surface area contributed by atoms with Gasteiger partial charge in [0.25, 0.3) is 5.56 Å². The lowest BCUT2D eigenvalue weighted by Crippen LogP contribution is -2.40. The van der Waals surface area contributed by atoms with Crippen LogP contribution in [0.3, 0.4) is 0 Å². The van der Waals surface area contributed by atoms with E-state index in [2.05, 4.69) is 38.4 Å². The second-order valence-corrected chi connectivity index (χ2v) is 8.02. The fourth-order valence-corrected chi connectivity index (χ4v) is 4.07. The highest BCUT2D eigenvalue weighted by Crippen LogP contribution is 2.30. The number of tetrazole rings is 1. The van der Waals surface area contributed by atoms with Gasteiger partial charge in [0.05, 0.1) is 13.2 Å². The molecule has 0 saturated carbocycles. The zero-order chi connectivity index (χ0) is 20.4. The summed E-state index contributed by atoms with van der Waals surface area (Å²) in [5, 5.41) is 13.4. The number of nitrogens with one attached hydrogen (secondary N) is 1. The molecule has 8 nitrogen and oxygen atoms in total. The number of likely N-dealkylation sites (tertiary alicyclic amines) is 1. The minimum atomic E-state index is -0.288. The summed E-state index contributed by atoms with van der Waals surface area (Å²) in [6.45, 7) is 7.18. The number of ether oxygens (including phenoxy) is 1. The molecule has 1 aliphatic rings. The Bertz CT molecular complexity index is 1040. The molecule has 2 aromatic heterocycles. The summed E-state index contributed by atoms with van der Waals surface area (Å²) in [5.41, 5.74) is 2.56. The minimum Gasteiger partial charge on any atom is -0.383 e. The maximum Gasteiger partial charge on any atom is 0.253 e. The monoisotopic (exact) mass is 396 g/mol. The Kier molecular flexibility index (Phi) is 5.73. The third-order valence-corrected chi connectivity index (χ3v) is 5.82. The van der Waals surface area contributed by atoms with Gasteiger partial charge >= 0.3 is 0 Å². The van der Waals surface area contributed by atoms with Crippen LogP contribution in [0, 0.1) is 12.8 Å². The molecule has 1 aromatic carbocycles. The summed E-state index contributed by atoms with van der Waals surface area (Å²) in [7, 11) is 1.66. The summed E-state index contributed by atoms with van der Waals surface area (Å²) in [4.78, 5) is 18.5. The van der Waals surface area contributed by atoms with Gasteiger partial charge in [-0.15, -0.1) is 5.10 Å². The molecule has 4 rings (SSSR count). The van der Waals surface area contributed by atoms with Crippen molar-refractivity contribution in [2.45, 2.75) is 39.3 Å². The second kappa shape index (κ2) is 8.42. The smallest absolute Gasteiger partial charge is 0.253 e. The van der Waals surface area contributed by atoms with Gasteiger partial charge in [0.2, 0.25) is 0 Å². The Labute approximate surface area is 169 Å². The fraction of sp³-hybridized carbons (Fsp3) is 0.524. The van der Waals surface area contributed by atoms with E-state index in [0.29, 0.717) is 30.5 Å². The van der Waals surface area contributed by atoms with Crippen LogP contribution in [0.5, 0.6) is 0 Å². The number of hydrogen-bond donors (Lipinski definition) is 1. The van der Waals surface area contributed by atoms with Gasteiger partial charge in [0.1, 0.15) is 6.04 Å². The van der Waals surface area contributed by atoms with Gasteiger partial charge < -0.3 is 9.72 Å². The normalized spacial score (nSPS) is 17.1. The molecule has 3 heterocycles. The van der Waals surface area contributed by atoms with Crippen molar-refractivity contribution in [2.75, 3.05) is 26.8 Å². The lowest BCUT2D eigenvalue weighted by molar-refractivity contribution is 0.144. The highest BCUT2D eigenvalue weighted by molar-refractivity contribution is 5.79. The van der Waals surface area contributed by atoms with Crippen LogP contribution in [0.15, 0.2) is 29.1 Å². The van der Waals surface area contributed by atoms with E-state index in [0.717, 1.165) is 42.4 Å². The van der Waals surface area contributed by atoms with Gasteiger partial charge in [-0.1, -0.05) is 19.1 Å². The van der Waals surface area contributed by atoms with Crippen molar-refractivity contribution >= 4 is 10.9 Å². The molecule has 0 aliphatic carbocycles. The quantitative estimate of drug-likeness (QED) is 0.688. The molecule has 0 spiro atoms. The topological polar surface area (TPSA) is 88.9 Å². The molecule has 0 radical (unpaired) electrons. The zero-order valence-corrected chi connectivity index (χ0v) is 17.3. The molecule has 1 atom stereocenters. The van der Waals surface area contributed by atoms with Crippen LogP contribution >= 0.6 is 0 Å². The number of pyridine rings is 1. The Morgan fingerprint density at radius 2 is 2.07 bits per heavy atom. The molecule has 154 valence electrons. The molecule has 1 fully saturated rings. The molecule has 0 bridgehead atoms. The van der Waals surface area contributed by atoms with Crippen LogP contribution in [-0.2, 0) is 11.3 Å². The molecule has 29 heavy (non-hydrogen) atoms. The average molecular weight is 396 g/mol. The lowest BCUT2D eigenvalue weighted by Gasteiger charge is -2.35. The first-order valence-corrected chi connectivity index (χ1v) is 10.2. The maximum absolute atomic E-state index is 13.1. The lowest BCUT2D eigenvalue weighted by atomic mass is 9.95. The first kappa shape index (κ1) is 19.7. The maximum atomic E-state index is 13.1. The molecule has 1 N–H and O–H groups in total. The Hall–Kier alpha value is -2.58. The van der Waals surface area contributed by atoms with E-state index in [1.54, 1.807) is 11.8 Å². The SMILES string of the molecule is COCCn1nnnc1C(c1cc2ccc(C)cc2[nH]c1=O)N1CCC(C)CC1. The van der Waals surface area contributed by atoms with Gasteiger partial charge in [-0.25, -0.2) is 4.68 Å². The number of piperidine rings is 1. The van der Waals surface area contributed by atoms with Crippen LogP contribution < -0.4 is 5.56 Å². The largest absolute Gasteiger partial charge is 0.383 e. The number of rotatable bonds is 6. The molecule has 1 unspecified atom stereocenters. The van der Waals surface area contributed by atoms with Crippen molar-refractivity contribution < 1.29 is 4.74 Å². The van der Waals surface area contributed by atoms with Crippen molar-refractivity contribution in [3.63, 3.8) is 0 Å². The number of benzene rings is 1.